The number of rotatable bonds is 3. The number of nitrogens with zero attached hydrogens (tertiary/aromatic N) is 1. The normalized spacial score (nSPS) is 10.4. The molecule has 2 rings (SSSR count). The van der Waals surface area contributed by atoms with Crippen molar-refractivity contribution in [3.8, 4) is 0 Å². The summed E-state index contributed by atoms with van der Waals surface area (Å²) in [5.74, 6) is -1.42. The molecule has 0 bridgehead atoms. The molecule has 0 spiro atoms. The van der Waals surface area contributed by atoms with Crippen LogP contribution in [0.1, 0.15) is 11.4 Å². The molecule has 0 saturated heterocycles. The fourth-order valence-corrected chi connectivity index (χ4v) is 1.64. The molecule has 0 radical (unpaired) electrons. The molecule has 1 aromatic heterocycles. The summed E-state index contributed by atoms with van der Waals surface area (Å²) in [5.41, 5.74) is 6.78. The second-order valence-electron chi connectivity index (χ2n) is 3.98. The Morgan fingerprint density at radius 3 is 2.50 bits per heavy atom. The first-order valence-electron chi connectivity index (χ1n) is 5.47. The number of nitrogens with two attached hydrogens (primary N) is 1. The molecular weight excluding hydrogens is 236 g/mol. The van der Waals surface area contributed by atoms with Gasteiger partial charge in [0.25, 0.3) is 0 Å². The molecular formula is C13H13F2N3. The Hall–Kier alpha value is -2.17. The summed E-state index contributed by atoms with van der Waals surface area (Å²) in [6.45, 7) is 2.10. The van der Waals surface area contributed by atoms with Crippen molar-refractivity contribution < 1.29 is 8.78 Å². The molecule has 0 aliphatic rings. The van der Waals surface area contributed by atoms with Crippen LogP contribution in [0.2, 0.25) is 0 Å². The molecule has 94 valence electrons. The quantitative estimate of drug-likeness (QED) is 0.822. The van der Waals surface area contributed by atoms with Crippen molar-refractivity contribution in [3.05, 3.63) is 53.4 Å². The molecule has 5 heteroatoms. The van der Waals surface area contributed by atoms with E-state index in [0.29, 0.717) is 5.69 Å². The summed E-state index contributed by atoms with van der Waals surface area (Å²) >= 11 is 0. The standard InChI is InChI=1S/C13H13F2N3/c1-8-3-2-4-10(18-8)7-17-13-11(14)5-9(16)6-12(13)15/h2-6,17H,7,16H2,1H3. The maximum Gasteiger partial charge on any atom is 0.151 e. The Kier molecular flexibility index (Phi) is 3.41. The average Bonchev–Trinajstić information content (AvgIpc) is 2.27. The lowest BCUT2D eigenvalue weighted by atomic mass is 10.2. The molecule has 1 heterocycles. The van der Waals surface area contributed by atoms with Crippen LogP contribution in [0.4, 0.5) is 20.2 Å². The van der Waals surface area contributed by atoms with Gasteiger partial charge in [0.15, 0.2) is 11.6 Å². The molecule has 1 aromatic carbocycles. The van der Waals surface area contributed by atoms with Gasteiger partial charge < -0.3 is 11.1 Å². The van der Waals surface area contributed by atoms with Crippen LogP contribution in [0.3, 0.4) is 0 Å². The molecule has 0 unspecified atom stereocenters. The maximum absolute atomic E-state index is 13.5. The fourth-order valence-electron chi connectivity index (χ4n) is 1.64. The monoisotopic (exact) mass is 249 g/mol. The number of halogens is 2. The molecule has 0 aliphatic carbocycles. The lowest BCUT2D eigenvalue weighted by molar-refractivity contribution is 0.589. The summed E-state index contributed by atoms with van der Waals surface area (Å²) < 4.78 is 27.0. The van der Waals surface area contributed by atoms with Gasteiger partial charge in [0.1, 0.15) is 5.69 Å². The Morgan fingerprint density at radius 2 is 1.89 bits per heavy atom. The third-order valence-corrected chi connectivity index (χ3v) is 2.46. The van der Waals surface area contributed by atoms with Crippen LogP contribution in [-0.2, 0) is 6.54 Å². The molecule has 0 saturated carbocycles. The highest BCUT2D eigenvalue weighted by atomic mass is 19.1. The summed E-state index contributed by atoms with van der Waals surface area (Å²) in [6.07, 6.45) is 0. The van der Waals surface area contributed by atoms with Gasteiger partial charge in [-0.25, -0.2) is 8.78 Å². The second-order valence-corrected chi connectivity index (χ2v) is 3.98. The van der Waals surface area contributed by atoms with Crippen molar-refractivity contribution >= 4 is 11.4 Å². The minimum atomic E-state index is -0.708. The maximum atomic E-state index is 13.5. The van der Waals surface area contributed by atoms with Gasteiger partial charge in [-0.05, 0) is 31.2 Å². The molecule has 0 atom stereocenters. The highest BCUT2D eigenvalue weighted by Crippen LogP contribution is 2.22. The number of nitrogen functional groups attached to an aromatic ring is 1. The highest BCUT2D eigenvalue weighted by molar-refractivity contribution is 5.54. The molecule has 0 aliphatic heterocycles. The minimum Gasteiger partial charge on any atom is -0.399 e. The zero-order chi connectivity index (χ0) is 13.1. The number of pyridine rings is 1. The Balaban J connectivity index is 2.16. The van der Waals surface area contributed by atoms with Crippen molar-refractivity contribution in [2.24, 2.45) is 0 Å². The molecule has 18 heavy (non-hydrogen) atoms. The van der Waals surface area contributed by atoms with E-state index < -0.39 is 11.6 Å². The second kappa shape index (κ2) is 5.00. The van der Waals surface area contributed by atoms with Crippen LogP contribution in [0.15, 0.2) is 30.3 Å². The van der Waals surface area contributed by atoms with E-state index in [0.717, 1.165) is 17.8 Å². The van der Waals surface area contributed by atoms with E-state index in [1.165, 1.54) is 0 Å². The van der Waals surface area contributed by atoms with Crippen LogP contribution in [0, 0.1) is 18.6 Å². The number of anilines is 2. The summed E-state index contributed by atoms with van der Waals surface area (Å²) in [4.78, 5) is 4.23. The van der Waals surface area contributed by atoms with Gasteiger partial charge in [-0.1, -0.05) is 6.07 Å². The third kappa shape index (κ3) is 2.74. The van der Waals surface area contributed by atoms with Gasteiger partial charge in [-0.2, -0.15) is 0 Å². The van der Waals surface area contributed by atoms with Gasteiger partial charge in [-0.15, -0.1) is 0 Å². The van der Waals surface area contributed by atoms with Crippen molar-refractivity contribution in [1.29, 1.82) is 0 Å². The van der Waals surface area contributed by atoms with Gasteiger partial charge >= 0.3 is 0 Å². The number of aromatic nitrogens is 1. The number of aryl methyl sites for hydroxylation is 1. The largest absolute Gasteiger partial charge is 0.399 e. The number of hydrogen-bond acceptors (Lipinski definition) is 3. The SMILES string of the molecule is Cc1cccc(CNc2c(F)cc(N)cc2F)n1. The smallest absolute Gasteiger partial charge is 0.151 e. The van der Waals surface area contributed by atoms with Crippen molar-refractivity contribution in [2.75, 3.05) is 11.1 Å². The molecule has 0 fully saturated rings. The van der Waals surface area contributed by atoms with Crippen LogP contribution in [0.5, 0.6) is 0 Å². The van der Waals surface area contributed by atoms with Crippen LogP contribution in [0.25, 0.3) is 0 Å². The van der Waals surface area contributed by atoms with E-state index in [2.05, 4.69) is 10.3 Å². The summed E-state index contributed by atoms with van der Waals surface area (Å²) in [6, 6.07) is 7.64. The van der Waals surface area contributed by atoms with Crippen molar-refractivity contribution in [1.82, 2.24) is 4.98 Å². The van der Waals surface area contributed by atoms with Crippen LogP contribution < -0.4 is 11.1 Å². The topological polar surface area (TPSA) is 50.9 Å². The lowest BCUT2D eigenvalue weighted by Crippen LogP contribution is -2.06. The van der Waals surface area contributed by atoms with Crippen molar-refractivity contribution in [3.63, 3.8) is 0 Å². The van der Waals surface area contributed by atoms with E-state index in [1.54, 1.807) is 6.07 Å². The van der Waals surface area contributed by atoms with Gasteiger partial charge in [-0.3, -0.25) is 4.98 Å². The first-order chi connectivity index (χ1) is 8.56. The number of nitrogens with one attached hydrogen (secondary N) is 1. The van der Waals surface area contributed by atoms with Crippen molar-refractivity contribution in [2.45, 2.75) is 13.5 Å². The molecule has 0 amide bonds. The number of hydrogen-bond donors (Lipinski definition) is 2. The van der Waals surface area contributed by atoms with Gasteiger partial charge in [0.05, 0.1) is 12.2 Å². The van der Waals surface area contributed by atoms with E-state index in [4.69, 9.17) is 5.73 Å². The van der Waals surface area contributed by atoms with Crippen LogP contribution in [-0.4, -0.2) is 4.98 Å². The molecule has 2 aromatic rings. The molecule has 3 nitrogen and oxygen atoms in total. The third-order valence-electron chi connectivity index (χ3n) is 2.46. The molecule has 3 N–H and O–H groups in total. The minimum absolute atomic E-state index is 0.0595. The summed E-state index contributed by atoms with van der Waals surface area (Å²) in [5, 5.41) is 2.68. The summed E-state index contributed by atoms with van der Waals surface area (Å²) in [7, 11) is 0. The van der Waals surface area contributed by atoms with E-state index in [-0.39, 0.29) is 17.9 Å². The predicted octanol–water partition coefficient (Wildman–Crippen LogP) is 2.86. The van der Waals surface area contributed by atoms with E-state index >= 15 is 0 Å². The van der Waals surface area contributed by atoms with Gasteiger partial charge in [0, 0.05) is 11.4 Å². The zero-order valence-corrected chi connectivity index (χ0v) is 9.87. The van der Waals surface area contributed by atoms with Gasteiger partial charge in [0.2, 0.25) is 0 Å². The average molecular weight is 249 g/mol. The Morgan fingerprint density at radius 1 is 1.22 bits per heavy atom. The predicted molar refractivity (Wildman–Crippen MR) is 67.1 cm³/mol. The zero-order valence-electron chi connectivity index (χ0n) is 9.87. The van der Waals surface area contributed by atoms with E-state index in [1.807, 2.05) is 19.1 Å². The fraction of sp³-hybridized carbons (Fsp3) is 0.154. The first kappa shape index (κ1) is 12.3. The Bertz CT molecular complexity index is 547. The number of benzene rings is 1. The Labute approximate surface area is 104 Å². The lowest BCUT2D eigenvalue weighted by Gasteiger charge is -2.09. The first-order valence-corrected chi connectivity index (χ1v) is 5.47. The van der Waals surface area contributed by atoms with E-state index in [9.17, 15) is 8.78 Å². The highest BCUT2D eigenvalue weighted by Gasteiger charge is 2.10. The van der Waals surface area contributed by atoms with Crippen LogP contribution >= 0.6 is 0 Å².